The van der Waals surface area contributed by atoms with Crippen LogP contribution in [0, 0.1) is 5.82 Å². The number of carbonyl (C=O) groups is 2. The Bertz CT molecular complexity index is 841. The van der Waals surface area contributed by atoms with Crippen molar-refractivity contribution in [1.29, 1.82) is 0 Å². The lowest BCUT2D eigenvalue weighted by Gasteiger charge is -2.17. The van der Waals surface area contributed by atoms with E-state index in [4.69, 9.17) is 9.47 Å². The Hall–Kier alpha value is -3.29. The summed E-state index contributed by atoms with van der Waals surface area (Å²) in [6.45, 7) is 0.450. The number of anilines is 2. The minimum absolute atomic E-state index is 0.232. The lowest BCUT2D eigenvalue weighted by Crippen LogP contribution is -2.43. The third-order valence-corrected chi connectivity index (χ3v) is 4.29. The second kappa shape index (κ2) is 7.94. The highest BCUT2D eigenvalue weighted by molar-refractivity contribution is 6.02. The molecule has 0 bridgehead atoms. The second-order valence-corrected chi connectivity index (χ2v) is 5.98. The number of methoxy groups -OCH3 is 2. The maximum absolute atomic E-state index is 13.0. The fourth-order valence-electron chi connectivity index (χ4n) is 2.93. The van der Waals surface area contributed by atoms with Gasteiger partial charge in [0.2, 0.25) is 5.91 Å². The van der Waals surface area contributed by atoms with Gasteiger partial charge in [0, 0.05) is 24.0 Å². The molecule has 0 aromatic heterocycles. The highest BCUT2D eigenvalue weighted by Gasteiger charge is 2.33. The molecule has 27 heavy (non-hydrogen) atoms. The molecule has 1 atom stereocenters. The standard InChI is InChI=1S/C19H20FN3O4/c1-26-16-8-5-13(11-17(16)27-2)21-19(25)22-15-9-10-23(18(15)24)14-6-3-12(20)4-7-14/h3-8,11,15H,9-10H2,1-2H3,(H2,21,22,25)/t15-/m1/s1. The normalized spacial score (nSPS) is 16.2. The van der Waals surface area contributed by atoms with Crippen molar-refractivity contribution < 1.29 is 23.5 Å². The van der Waals surface area contributed by atoms with E-state index < -0.39 is 12.1 Å². The molecule has 8 heteroatoms. The van der Waals surface area contributed by atoms with Crippen molar-refractivity contribution in [2.75, 3.05) is 31.0 Å². The molecule has 7 nitrogen and oxygen atoms in total. The van der Waals surface area contributed by atoms with Crippen molar-refractivity contribution in [1.82, 2.24) is 5.32 Å². The first kappa shape index (κ1) is 18.5. The number of ether oxygens (including phenoxy) is 2. The van der Waals surface area contributed by atoms with Crippen molar-refractivity contribution in [3.05, 3.63) is 48.3 Å². The van der Waals surface area contributed by atoms with Gasteiger partial charge >= 0.3 is 6.03 Å². The third kappa shape index (κ3) is 4.11. The van der Waals surface area contributed by atoms with Crippen LogP contribution in [0.2, 0.25) is 0 Å². The number of hydrogen-bond donors (Lipinski definition) is 2. The summed E-state index contributed by atoms with van der Waals surface area (Å²) < 4.78 is 23.4. The van der Waals surface area contributed by atoms with E-state index in [1.807, 2.05) is 0 Å². The summed E-state index contributed by atoms with van der Waals surface area (Å²) in [5, 5.41) is 5.34. The quantitative estimate of drug-likeness (QED) is 0.845. The van der Waals surface area contributed by atoms with Crippen LogP contribution in [0.15, 0.2) is 42.5 Å². The van der Waals surface area contributed by atoms with Crippen molar-refractivity contribution in [2.45, 2.75) is 12.5 Å². The van der Waals surface area contributed by atoms with E-state index in [2.05, 4.69) is 10.6 Å². The molecular weight excluding hydrogens is 353 g/mol. The zero-order chi connectivity index (χ0) is 19.4. The predicted octanol–water partition coefficient (Wildman–Crippen LogP) is 2.77. The molecule has 1 fully saturated rings. The summed E-state index contributed by atoms with van der Waals surface area (Å²) >= 11 is 0. The first-order chi connectivity index (χ1) is 13.0. The van der Waals surface area contributed by atoms with Gasteiger partial charge in [0.25, 0.3) is 0 Å². The smallest absolute Gasteiger partial charge is 0.319 e. The Kier molecular flexibility index (Phi) is 5.44. The number of nitrogens with zero attached hydrogens (tertiary/aromatic N) is 1. The zero-order valence-corrected chi connectivity index (χ0v) is 15.0. The van der Waals surface area contributed by atoms with Crippen LogP contribution in [0.3, 0.4) is 0 Å². The number of rotatable bonds is 5. The minimum atomic E-state index is -0.643. The van der Waals surface area contributed by atoms with Crippen molar-refractivity contribution >= 4 is 23.3 Å². The number of benzene rings is 2. The molecule has 142 valence electrons. The van der Waals surface area contributed by atoms with E-state index in [9.17, 15) is 14.0 Å². The average molecular weight is 373 g/mol. The van der Waals surface area contributed by atoms with Crippen LogP contribution in [-0.2, 0) is 4.79 Å². The molecule has 1 aliphatic heterocycles. The van der Waals surface area contributed by atoms with Gasteiger partial charge in [-0.15, -0.1) is 0 Å². The number of hydrogen-bond acceptors (Lipinski definition) is 4. The lowest BCUT2D eigenvalue weighted by atomic mass is 10.2. The van der Waals surface area contributed by atoms with Crippen LogP contribution in [-0.4, -0.2) is 38.7 Å². The Labute approximate surface area is 156 Å². The highest BCUT2D eigenvalue weighted by atomic mass is 19.1. The Morgan fingerprint density at radius 3 is 2.48 bits per heavy atom. The van der Waals surface area contributed by atoms with Gasteiger partial charge in [-0.05, 0) is 42.8 Å². The SMILES string of the molecule is COc1ccc(NC(=O)N[C@@H]2CCN(c3ccc(F)cc3)C2=O)cc1OC. The largest absolute Gasteiger partial charge is 0.493 e. The van der Waals surface area contributed by atoms with Crippen LogP contribution < -0.4 is 25.0 Å². The fraction of sp³-hybridized carbons (Fsp3) is 0.263. The molecule has 0 aliphatic carbocycles. The van der Waals surface area contributed by atoms with Gasteiger partial charge in [-0.1, -0.05) is 0 Å². The van der Waals surface area contributed by atoms with Gasteiger partial charge in [-0.25, -0.2) is 9.18 Å². The van der Waals surface area contributed by atoms with E-state index in [0.29, 0.717) is 35.8 Å². The molecule has 0 radical (unpaired) electrons. The fourth-order valence-corrected chi connectivity index (χ4v) is 2.93. The van der Waals surface area contributed by atoms with Gasteiger partial charge in [0.15, 0.2) is 11.5 Å². The van der Waals surface area contributed by atoms with E-state index in [0.717, 1.165) is 0 Å². The molecular formula is C19H20FN3O4. The van der Waals surface area contributed by atoms with E-state index in [1.54, 1.807) is 30.3 Å². The average Bonchev–Trinajstić information content (AvgIpc) is 3.02. The summed E-state index contributed by atoms with van der Waals surface area (Å²) in [7, 11) is 3.03. The summed E-state index contributed by atoms with van der Waals surface area (Å²) in [6, 6.07) is 9.50. The van der Waals surface area contributed by atoms with Gasteiger partial charge in [0.05, 0.1) is 14.2 Å². The van der Waals surface area contributed by atoms with E-state index in [-0.39, 0.29) is 11.7 Å². The number of urea groups is 1. The highest BCUT2D eigenvalue weighted by Crippen LogP contribution is 2.29. The van der Waals surface area contributed by atoms with Crippen molar-refractivity contribution in [3.63, 3.8) is 0 Å². The van der Waals surface area contributed by atoms with E-state index >= 15 is 0 Å². The first-order valence-corrected chi connectivity index (χ1v) is 8.38. The molecule has 0 saturated carbocycles. The third-order valence-electron chi connectivity index (χ3n) is 4.29. The molecule has 1 aliphatic rings. The molecule has 3 rings (SSSR count). The van der Waals surface area contributed by atoms with E-state index in [1.165, 1.54) is 31.3 Å². The van der Waals surface area contributed by atoms with Crippen LogP contribution in [0.4, 0.5) is 20.6 Å². The lowest BCUT2D eigenvalue weighted by molar-refractivity contribution is -0.118. The Morgan fingerprint density at radius 1 is 1.11 bits per heavy atom. The van der Waals surface area contributed by atoms with Gasteiger partial charge in [-0.2, -0.15) is 0 Å². The maximum atomic E-state index is 13.0. The molecule has 0 unspecified atom stereocenters. The Morgan fingerprint density at radius 2 is 1.81 bits per heavy atom. The summed E-state index contributed by atoms with van der Waals surface area (Å²) in [6.07, 6.45) is 0.468. The summed E-state index contributed by atoms with van der Waals surface area (Å²) in [5.74, 6) is 0.428. The molecule has 1 saturated heterocycles. The Balaban J connectivity index is 1.61. The van der Waals surface area contributed by atoms with Gasteiger partial charge in [-0.3, -0.25) is 4.79 Å². The van der Waals surface area contributed by atoms with Gasteiger partial charge in [0.1, 0.15) is 11.9 Å². The zero-order valence-electron chi connectivity index (χ0n) is 15.0. The summed E-state index contributed by atoms with van der Waals surface area (Å²) in [4.78, 5) is 26.3. The number of halogens is 1. The molecule has 0 spiro atoms. The molecule has 2 N–H and O–H groups in total. The predicted molar refractivity (Wildman–Crippen MR) is 98.9 cm³/mol. The monoisotopic (exact) mass is 373 g/mol. The van der Waals surface area contributed by atoms with Crippen LogP contribution in [0.5, 0.6) is 11.5 Å². The van der Waals surface area contributed by atoms with Crippen LogP contribution >= 0.6 is 0 Å². The van der Waals surface area contributed by atoms with Crippen LogP contribution in [0.25, 0.3) is 0 Å². The number of amides is 3. The van der Waals surface area contributed by atoms with Crippen molar-refractivity contribution in [3.8, 4) is 11.5 Å². The minimum Gasteiger partial charge on any atom is -0.493 e. The first-order valence-electron chi connectivity index (χ1n) is 8.38. The summed E-state index contributed by atoms with van der Waals surface area (Å²) in [5.41, 5.74) is 1.11. The number of carbonyl (C=O) groups excluding carboxylic acids is 2. The van der Waals surface area contributed by atoms with Crippen LogP contribution in [0.1, 0.15) is 6.42 Å². The molecule has 2 aromatic carbocycles. The topological polar surface area (TPSA) is 79.9 Å². The molecule has 3 amide bonds. The maximum Gasteiger partial charge on any atom is 0.319 e. The second-order valence-electron chi connectivity index (χ2n) is 5.98. The molecule has 1 heterocycles. The van der Waals surface area contributed by atoms with Gasteiger partial charge < -0.3 is 25.0 Å². The number of nitrogens with one attached hydrogen (secondary N) is 2. The van der Waals surface area contributed by atoms with Crippen molar-refractivity contribution in [2.24, 2.45) is 0 Å². The molecule has 2 aromatic rings.